The number of amides is 2. The number of hydrogen-bond donors (Lipinski definition) is 1. The van der Waals surface area contributed by atoms with Crippen LogP contribution in [0.1, 0.15) is 64.4 Å². The van der Waals surface area contributed by atoms with Crippen molar-refractivity contribution in [2.75, 3.05) is 18.0 Å². The SMILES string of the molecule is CCN1c2cc(C(=O)NCc3cccc(C(F)(F)F)c3)ccc2C(=O)N2CCCCCC21. The van der Waals surface area contributed by atoms with E-state index >= 15 is 0 Å². The number of hydrogen-bond acceptors (Lipinski definition) is 3. The molecule has 0 aromatic heterocycles. The summed E-state index contributed by atoms with van der Waals surface area (Å²) in [7, 11) is 0. The van der Waals surface area contributed by atoms with Crippen LogP contribution >= 0.6 is 0 Å². The minimum absolute atomic E-state index is 0.00692. The molecule has 32 heavy (non-hydrogen) atoms. The number of carbonyl (C=O) groups excluding carboxylic acids is 2. The molecule has 1 saturated heterocycles. The van der Waals surface area contributed by atoms with Crippen molar-refractivity contribution in [3.63, 3.8) is 0 Å². The van der Waals surface area contributed by atoms with E-state index in [0.29, 0.717) is 23.2 Å². The lowest BCUT2D eigenvalue weighted by molar-refractivity contribution is -0.137. The van der Waals surface area contributed by atoms with Gasteiger partial charge in [-0.05, 0) is 62.1 Å². The van der Waals surface area contributed by atoms with Crippen LogP contribution in [0.15, 0.2) is 42.5 Å². The van der Waals surface area contributed by atoms with Crippen molar-refractivity contribution in [1.29, 1.82) is 0 Å². The Morgan fingerprint density at radius 1 is 1.12 bits per heavy atom. The van der Waals surface area contributed by atoms with Gasteiger partial charge in [0.2, 0.25) is 0 Å². The Kier molecular flexibility index (Phi) is 6.13. The molecular weight excluding hydrogens is 419 g/mol. The molecule has 8 heteroatoms. The fourth-order valence-electron chi connectivity index (χ4n) is 4.58. The third kappa shape index (κ3) is 4.31. The van der Waals surface area contributed by atoms with Gasteiger partial charge in [-0.25, -0.2) is 0 Å². The van der Waals surface area contributed by atoms with Gasteiger partial charge >= 0.3 is 6.18 Å². The average molecular weight is 445 g/mol. The maximum atomic E-state index is 13.1. The molecule has 2 aromatic carbocycles. The molecule has 2 aliphatic rings. The molecule has 0 radical (unpaired) electrons. The molecule has 2 heterocycles. The monoisotopic (exact) mass is 445 g/mol. The predicted octanol–water partition coefficient (Wildman–Crippen LogP) is 4.82. The zero-order valence-corrected chi connectivity index (χ0v) is 17.9. The van der Waals surface area contributed by atoms with Gasteiger partial charge in [0.25, 0.3) is 11.8 Å². The number of benzene rings is 2. The second kappa shape index (κ2) is 8.84. The lowest BCUT2D eigenvalue weighted by Crippen LogP contribution is -2.55. The van der Waals surface area contributed by atoms with Crippen molar-refractivity contribution in [2.24, 2.45) is 0 Å². The van der Waals surface area contributed by atoms with E-state index < -0.39 is 17.6 Å². The van der Waals surface area contributed by atoms with Crippen LogP contribution in [-0.4, -0.2) is 36.0 Å². The number of alkyl halides is 3. The molecule has 2 amide bonds. The number of halogens is 3. The number of carbonyl (C=O) groups is 2. The van der Waals surface area contributed by atoms with Gasteiger partial charge in [0, 0.05) is 25.2 Å². The summed E-state index contributed by atoms with van der Waals surface area (Å²) in [6, 6.07) is 9.91. The molecule has 0 aliphatic carbocycles. The molecule has 2 aromatic rings. The summed E-state index contributed by atoms with van der Waals surface area (Å²) < 4.78 is 38.7. The zero-order chi connectivity index (χ0) is 22.9. The maximum Gasteiger partial charge on any atom is 0.416 e. The van der Waals surface area contributed by atoms with Gasteiger partial charge in [-0.3, -0.25) is 9.59 Å². The van der Waals surface area contributed by atoms with E-state index in [9.17, 15) is 22.8 Å². The van der Waals surface area contributed by atoms with E-state index in [1.165, 1.54) is 6.07 Å². The second-order valence-corrected chi connectivity index (χ2v) is 8.23. The molecule has 4 rings (SSSR count). The van der Waals surface area contributed by atoms with Crippen LogP contribution in [0.4, 0.5) is 18.9 Å². The number of nitrogens with one attached hydrogen (secondary N) is 1. The van der Waals surface area contributed by atoms with Crippen molar-refractivity contribution in [2.45, 2.75) is 51.5 Å². The van der Waals surface area contributed by atoms with Gasteiger partial charge < -0.3 is 15.1 Å². The van der Waals surface area contributed by atoms with Crippen LogP contribution in [0.25, 0.3) is 0 Å². The Bertz CT molecular complexity index is 1020. The Hall–Kier alpha value is -3.03. The molecule has 1 fully saturated rings. The molecule has 2 aliphatic heterocycles. The van der Waals surface area contributed by atoms with Crippen LogP contribution in [0.5, 0.6) is 0 Å². The molecule has 5 nitrogen and oxygen atoms in total. The summed E-state index contributed by atoms with van der Waals surface area (Å²) in [5, 5.41) is 2.69. The van der Waals surface area contributed by atoms with Crippen LogP contribution in [0.3, 0.4) is 0 Å². The van der Waals surface area contributed by atoms with Crippen molar-refractivity contribution in [1.82, 2.24) is 10.2 Å². The van der Waals surface area contributed by atoms with Crippen LogP contribution in [0.2, 0.25) is 0 Å². The van der Waals surface area contributed by atoms with Crippen molar-refractivity contribution in [3.8, 4) is 0 Å². The number of nitrogens with zero attached hydrogens (tertiary/aromatic N) is 2. The van der Waals surface area contributed by atoms with Gasteiger partial charge in [0.1, 0.15) is 6.17 Å². The fourth-order valence-corrected chi connectivity index (χ4v) is 4.58. The Morgan fingerprint density at radius 3 is 2.69 bits per heavy atom. The predicted molar refractivity (Wildman–Crippen MR) is 115 cm³/mol. The quantitative estimate of drug-likeness (QED) is 0.734. The molecule has 0 bridgehead atoms. The van der Waals surface area contributed by atoms with Gasteiger partial charge in [-0.2, -0.15) is 13.2 Å². The maximum absolute atomic E-state index is 13.1. The highest BCUT2D eigenvalue weighted by molar-refractivity contribution is 6.04. The Balaban J connectivity index is 1.54. The summed E-state index contributed by atoms with van der Waals surface area (Å²) in [4.78, 5) is 29.9. The highest BCUT2D eigenvalue weighted by Gasteiger charge is 2.37. The van der Waals surface area contributed by atoms with Crippen LogP contribution in [-0.2, 0) is 12.7 Å². The van der Waals surface area contributed by atoms with E-state index in [-0.39, 0.29) is 18.6 Å². The summed E-state index contributed by atoms with van der Waals surface area (Å²) in [6.07, 6.45) is -0.406. The first-order valence-electron chi connectivity index (χ1n) is 11.0. The average Bonchev–Trinajstić information content (AvgIpc) is 3.03. The summed E-state index contributed by atoms with van der Waals surface area (Å²) in [5.41, 5.74) is 1.32. The van der Waals surface area contributed by atoms with Gasteiger partial charge in [0.05, 0.1) is 16.8 Å². The first kappa shape index (κ1) is 22.2. The van der Waals surface area contributed by atoms with Crippen molar-refractivity contribution < 1.29 is 22.8 Å². The normalized spacial score (nSPS) is 18.6. The van der Waals surface area contributed by atoms with E-state index in [4.69, 9.17) is 0 Å². The summed E-state index contributed by atoms with van der Waals surface area (Å²) in [5.74, 6) is -0.399. The lowest BCUT2D eigenvalue weighted by Gasteiger charge is -2.44. The molecule has 1 atom stereocenters. The highest BCUT2D eigenvalue weighted by Crippen LogP contribution is 2.35. The van der Waals surface area contributed by atoms with Gasteiger partial charge in [-0.1, -0.05) is 18.6 Å². The number of anilines is 1. The van der Waals surface area contributed by atoms with Gasteiger partial charge in [-0.15, -0.1) is 0 Å². The van der Waals surface area contributed by atoms with E-state index in [2.05, 4.69) is 10.2 Å². The smallest absolute Gasteiger partial charge is 0.351 e. The largest absolute Gasteiger partial charge is 0.416 e. The minimum Gasteiger partial charge on any atom is -0.351 e. The first-order chi connectivity index (χ1) is 15.3. The molecule has 1 unspecified atom stereocenters. The van der Waals surface area contributed by atoms with E-state index in [1.807, 2.05) is 11.8 Å². The minimum atomic E-state index is -4.43. The molecule has 0 spiro atoms. The number of fused-ring (bicyclic) bond motifs is 2. The standard InChI is InChI=1S/C24H26F3N3O2/c1-2-29-20-14-17(10-11-19(20)23(32)30-12-5-3-4-9-21(29)30)22(31)28-15-16-7-6-8-18(13-16)24(25,26)27/h6-8,10-11,13-14,21H,2-5,9,12,15H2,1H3,(H,28,31). The molecular formula is C24H26F3N3O2. The van der Waals surface area contributed by atoms with E-state index in [0.717, 1.165) is 50.0 Å². The second-order valence-electron chi connectivity index (χ2n) is 8.23. The topological polar surface area (TPSA) is 52.7 Å². The highest BCUT2D eigenvalue weighted by atomic mass is 19.4. The fraction of sp³-hybridized carbons (Fsp3) is 0.417. The molecule has 170 valence electrons. The van der Waals surface area contributed by atoms with Crippen molar-refractivity contribution >= 4 is 17.5 Å². The zero-order valence-electron chi connectivity index (χ0n) is 17.9. The van der Waals surface area contributed by atoms with Gasteiger partial charge in [0.15, 0.2) is 0 Å². The van der Waals surface area contributed by atoms with Crippen molar-refractivity contribution in [3.05, 3.63) is 64.7 Å². The lowest BCUT2D eigenvalue weighted by atomic mass is 10.0. The number of rotatable bonds is 4. The first-order valence-corrected chi connectivity index (χ1v) is 11.0. The third-order valence-corrected chi connectivity index (χ3v) is 6.19. The van der Waals surface area contributed by atoms with E-state index in [1.54, 1.807) is 24.3 Å². The molecule has 1 N–H and O–H groups in total. The third-order valence-electron chi connectivity index (χ3n) is 6.19. The summed E-state index contributed by atoms with van der Waals surface area (Å²) in [6.45, 7) is 3.45. The molecule has 0 saturated carbocycles. The Labute approximate surface area is 185 Å². The Morgan fingerprint density at radius 2 is 1.94 bits per heavy atom. The summed E-state index contributed by atoms with van der Waals surface area (Å²) >= 11 is 0. The van der Waals surface area contributed by atoms with Crippen LogP contribution in [0, 0.1) is 0 Å². The van der Waals surface area contributed by atoms with Crippen LogP contribution < -0.4 is 10.2 Å².